The van der Waals surface area contributed by atoms with Gasteiger partial charge in [-0.2, -0.15) is 0 Å². The normalized spacial score (nSPS) is 11.3. The van der Waals surface area contributed by atoms with Crippen LogP contribution in [0.3, 0.4) is 0 Å². The summed E-state index contributed by atoms with van der Waals surface area (Å²) in [6.45, 7) is 7.79. The average molecular weight is 524 g/mol. The van der Waals surface area contributed by atoms with Gasteiger partial charge in [-0.1, -0.05) is 155 Å². The fourth-order valence-corrected chi connectivity index (χ4v) is 4.86. The minimum atomic E-state index is -0.664. The van der Waals surface area contributed by atoms with Gasteiger partial charge in [0.2, 0.25) is 0 Å². The van der Waals surface area contributed by atoms with E-state index in [0.29, 0.717) is 6.42 Å². The molecule has 3 heteroatoms. The van der Waals surface area contributed by atoms with E-state index >= 15 is 0 Å². The molecule has 0 aromatic heterocycles. The Morgan fingerprint density at radius 2 is 1.00 bits per heavy atom. The SMILES string of the molecule is CCC(CC)CCCCCCCCCCCN.CCCCCCCCC=CCCCCCCCC(=O)O. The second-order valence-corrected chi connectivity index (χ2v) is 11.2. The maximum Gasteiger partial charge on any atom is 0.303 e. The molecule has 0 atom stereocenters. The lowest BCUT2D eigenvalue weighted by molar-refractivity contribution is -0.137. The largest absolute Gasteiger partial charge is 0.481 e. The number of hydrogen-bond donors (Lipinski definition) is 2. The van der Waals surface area contributed by atoms with Crippen molar-refractivity contribution in [2.75, 3.05) is 6.54 Å². The molecule has 3 nitrogen and oxygen atoms in total. The Kier molecular flexibility index (Phi) is 36.4. The zero-order valence-corrected chi connectivity index (χ0v) is 25.8. The van der Waals surface area contributed by atoms with E-state index in [9.17, 15) is 4.79 Å². The second kappa shape index (κ2) is 35.2. The summed E-state index contributed by atoms with van der Waals surface area (Å²) in [5.41, 5.74) is 5.47. The summed E-state index contributed by atoms with van der Waals surface area (Å²) in [6, 6.07) is 0. The second-order valence-electron chi connectivity index (χ2n) is 11.2. The molecule has 0 spiro atoms. The first-order chi connectivity index (χ1) is 18.1. The van der Waals surface area contributed by atoms with Crippen LogP contribution in [0.1, 0.15) is 188 Å². The van der Waals surface area contributed by atoms with Gasteiger partial charge < -0.3 is 10.8 Å². The molecule has 0 radical (unpaired) electrons. The van der Waals surface area contributed by atoms with Crippen LogP contribution < -0.4 is 5.73 Å². The van der Waals surface area contributed by atoms with E-state index < -0.39 is 5.97 Å². The van der Waals surface area contributed by atoms with Gasteiger partial charge in [-0.15, -0.1) is 0 Å². The van der Waals surface area contributed by atoms with E-state index in [1.165, 1.54) is 148 Å². The Morgan fingerprint density at radius 3 is 1.43 bits per heavy atom. The minimum Gasteiger partial charge on any atom is -0.481 e. The van der Waals surface area contributed by atoms with Crippen molar-refractivity contribution in [3.63, 3.8) is 0 Å². The molecule has 37 heavy (non-hydrogen) atoms. The average Bonchev–Trinajstić information content (AvgIpc) is 2.90. The van der Waals surface area contributed by atoms with Gasteiger partial charge in [0.25, 0.3) is 0 Å². The number of aliphatic carboxylic acids is 1. The van der Waals surface area contributed by atoms with E-state index in [1.54, 1.807) is 0 Å². The van der Waals surface area contributed by atoms with E-state index in [1.807, 2.05) is 0 Å². The van der Waals surface area contributed by atoms with E-state index in [4.69, 9.17) is 10.8 Å². The van der Waals surface area contributed by atoms with Crippen LogP contribution in [0.25, 0.3) is 0 Å². The van der Waals surface area contributed by atoms with Gasteiger partial charge in [0.05, 0.1) is 0 Å². The highest BCUT2D eigenvalue weighted by Gasteiger charge is 2.02. The molecule has 0 rings (SSSR count). The number of hydrogen-bond acceptors (Lipinski definition) is 2. The lowest BCUT2D eigenvalue weighted by Gasteiger charge is -2.11. The molecule has 222 valence electrons. The Hall–Kier alpha value is -0.830. The molecule has 3 N–H and O–H groups in total. The lowest BCUT2D eigenvalue weighted by Crippen LogP contribution is -1.97. The van der Waals surface area contributed by atoms with Crippen LogP contribution in [0.4, 0.5) is 0 Å². The third kappa shape index (κ3) is 37.4. The Balaban J connectivity index is 0. The highest BCUT2D eigenvalue weighted by Crippen LogP contribution is 2.18. The summed E-state index contributed by atoms with van der Waals surface area (Å²) >= 11 is 0. The molecule has 0 bridgehead atoms. The highest BCUT2D eigenvalue weighted by molar-refractivity contribution is 5.66. The molecule has 0 amide bonds. The fraction of sp³-hybridized carbons (Fsp3) is 0.912. The monoisotopic (exact) mass is 524 g/mol. The maximum atomic E-state index is 10.3. The Morgan fingerprint density at radius 1 is 0.595 bits per heavy atom. The lowest BCUT2D eigenvalue weighted by atomic mass is 9.95. The molecule has 0 aromatic carbocycles. The predicted octanol–water partition coefficient (Wildman–Crippen LogP) is 11.4. The number of allylic oxidation sites excluding steroid dienone is 2. The van der Waals surface area contributed by atoms with Crippen LogP contribution in [0.2, 0.25) is 0 Å². The Bertz CT molecular complexity index is 445. The summed E-state index contributed by atoms with van der Waals surface area (Å²) < 4.78 is 0. The van der Waals surface area contributed by atoms with Crippen molar-refractivity contribution in [2.45, 2.75) is 188 Å². The number of unbranched alkanes of at least 4 members (excludes halogenated alkanes) is 19. The topological polar surface area (TPSA) is 63.3 Å². The molecule has 0 saturated heterocycles. The number of carboxylic acids is 1. The van der Waals surface area contributed by atoms with Crippen molar-refractivity contribution in [1.82, 2.24) is 0 Å². The van der Waals surface area contributed by atoms with Crippen LogP contribution in [-0.2, 0) is 4.79 Å². The van der Waals surface area contributed by atoms with Gasteiger partial charge >= 0.3 is 5.97 Å². The van der Waals surface area contributed by atoms with E-state index in [2.05, 4.69) is 32.9 Å². The van der Waals surface area contributed by atoms with Crippen LogP contribution in [-0.4, -0.2) is 17.6 Å². The first-order valence-electron chi connectivity index (χ1n) is 16.7. The van der Waals surface area contributed by atoms with Crippen molar-refractivity contribution < 1.29 is 9.90 Å². The zero-order chi connectivity index (χ0) is 27.7. The van der Waals surface area contributed by atoms with Gasteiger partial charge in [0.15, 0.2) is 0 Å². The van der Waals surface area contributed by atoms with Crippen molar-refractivity contribution in [2.24, 2.45) is 11.7 Å². The minimum absolute atomic E-state index is 0.332. The summed E-state index contributed by atoms with van der Waals surface area (Å²) in [5.74, 6) is 0.328. The molecule has 0 aliphatic rings. The summed E-state index contributed by atoms with van der Waals surface area (Å²) in [4.78, 5) is 10.3. The van der Waals surface area contributed by atoms with Crippen molar-refractivity contribution in [1.29, 1.82) is 0 Å². The first kappa shape index (κ1) is 38.3. The zero-order valence-electron chi connectivity index (χ0n) is 25.8. The molecule has 0 aliphatic carbocycles. The summed E-state index contributed by atoms with van der Waals surface area (Å²) in [7, 11) is 0. The molecule has 0 unspecified atom stereocenters. The van der Waals surface area contributed by atoms with Crippen LogP contribution in [0, 0.1) is 5.92 Å². The smallest absolute Gasteiger partial charge is 0.303 e. The number of nitrogens with two attached hydrogens (primary N) is 1. The summed E-state index contributed by atoms with van der Waals surface area (Å²) in [6.07, 6.45) is 38.1. The van der Waals surface area contributed by atoms with Crippen molar-refractivity contribution in [3.05, 3.63) is 12.2 Å². The quantitative estimate of drug-likeness (QED) is 0.0791. The van der Waals surface area contributed by atoms with Gasteiger partial charge in [-0.25, -0.2) is 0 Å². The van der Waals surface area contributed by atoms with E-state index in [-0.39, 0.29) is 0 Å². The highest BCUT2D eigenvalue weighted by atomic mass is 16.4. The van der Waals surface area contributed by atoms with Crippen LogP contribution in [0.15, 0.2) is 12.2 Å². The molecular weight excluding hydrogens is 454 g/mol. The molecule has 0 aromatic rings. The molecule has 0 heterocycles. The standard InChI is InChI=1S/C18H34O2.C16H35N/c1-2-3-4-5-6-7-8-9-10-11-12-13-14-15-16-17-18(19)20;1-3-16(4-2)14-12-10-8-6-5-7-9-11-13-15-17/h9-10H,2-8,11-17H2,1H3,(H,19,20);16H,3-15,17H2,1-2H3. The van der Waals surface area contributed by atoms with Gasteiger partial charge in [0.1, 0.15) is 0 Å². The van der Waals surface area contributed by atoms with E-state index in [0.717, 1.165) is 25.3 Å². The van der Waals surface area contributed by atoms with Crippen molar-refractivity contribution in [3.8, 4) is 0 Å². The molecule has 0 aliphatic heterocycles. The fourth-order valence-electron chi connectivity index (χ4n) is 4.86. The third-order valence-corrected chi connectivity index (χ3v) is 7.62. The molecule has 0 fully saturated rings. The maximum absolute atomic E-state index is 10.3. The number of rotatable bonds is 28. The molecular formula is C34H69NO2. The number of carbonyl (C=O) groups is 1. The third-order valence-electron chi connectivity index (χ3n) is 7.62. The van der Waals surface area contributed by atoms with Gasteiger partial charge in [0, 0.05) is 6.42 Å². The predicted molar refractivity (Wildman–Crippen MR) is 166 cm³/mol. The first-order valence-corrected chi connectivity index (χ1v) is 16.7. The number of carboxylic acid groups (broad SMARTS) is 1. The summed E-state index contributed by atoms with van der Waals surface area (Å²) in [5, 5.41) is 8.51. The Labute approximate surface area is 233 Å². The van der Waals surface area contributed by atoms with Crippen LogP contribution in [0.5, 0.6) is 0 Å². The van der Waals surface area contributed by atoms with Gasteiger partial charge in [-0.3, -0.25) is 4.79 Å². The van der Waals surface area contributed by atoms with Crippen molar-refractivity contribution >= 4 is 5.97 Å². The van der Waals surface area contributed by atoms with Gasteiger partial charge in [-0.05, 0) is 51.0 Å². The van der Waals surface area contributed by atoms with Crippen LogP contribution >= 0.6 is 0 Å². The molecule has 0 saturated carbocycles.